The fraction of sp³-hybridized carbons (Fsp3) is 0.200. The molecule has 72 valence electrons. The Hall–Kier alpha value is -1.84. The molecule has 2 N–H and O–H groups in total. The zero-order valence-electron chi connectivity index (χ0n) is 8.23. The third-order valence-corrected chi connectivity index (χ3v) is 2.11. The molecule has 4 nitrogen and oxygen atoms in total. The summed E-state index contributed by atoms with van der Waals surface area (Å²) in [7, 11) is 1.90. The molecule has 14 heavy (non-hydrogen) atoms. The highest BCUT2D eigenvalue weighted by molar-refractivity contribution is 5.64. The van der Waals surface area contributed by atoms with Crippen LogP contribution >= 0.6 is 0 Å². The Labute approximate surface area is 82.4 Å². The van der Waals surface area contributed by atoms with Crippen LogP contribution in [0.1, 0.15) is 5.69 Å². The van der Waals surface area contributed by atoms with Gasteiger partial charge >= 0.3 is 0 Å². The van der Waals surface area contributed by atoms with E-state index in [1.807, 2.05) is 26.2 Å². The number of nitrogens with two attached hydrogens (primary N) is 1. The molecule has 0 spiro atoms. The topological polar surface area (TPSA) is 56.7 Å². The Morgan fingerprint density at radius 1 is 1.36 bits per heavy atom. The Bertz CT molecular complexity index is 442. The average Bonchev–Trinajstić information content (AvgIpc) is 2.47. The predicted molar refractivity (Wildman–Crippen MR) is 55.6 cm³/mol. The molecule has 0 aliphatic carbocycles. The van der Waals surface area contributed by atoms with E-state index in [2.05, 4.69) is 10.1 Å². The highest BCUT2D eigenvalue weighted by Gasteiger charge is 2.05. The van der Waals surface area contributed by atoms with Crippen LogP contribution in [0.3, 0.4) is 0 Å². The van der Waals surface area contributed by atoms with Gasteiger partial charge < -0.3 is 5.73 Å². The second-order valence-corrected chi connectivity index (χ2v) is 3.27. The first-order valence-electron chi connectivity index (χ1n) is 4.39. The predicted octanol–water partition coefficient (Wildman–Crippen LogP) is 1.37. The summed E-state index contributed by atoms with van der Waals surface area (Å²) in [5.74, 6) is 0.537. The van der Waals surface area contributed by atoms with Gasteiger partial charge in [0.05, 0.1) is 5.69 Å². The van der Waals surface area contributed by atoms with Gasteiger partial charge in [0.15, 0.2) is 0 Å². The molecule has 0 aromatic carbocycles. The first-order valence-corrected chi connectivity index (χ1v) is 4.39. The SMILES string of the molecule is Cc1nn(C)cc1-c1ccc(N)nc1. The van der Waals surface area contributed by atoms with Gasteiger partial charge in [-0.15, -0.1) is 0 Å². The zero-order chi connectivity index (χ0) is 10.1. The summed E-state index contributed by atoms with van der Waals surface area (Å²) in [5, 5.41) is 4.27. The van der Waals surface area contributed by atoms with Crippen LogP contribution < -0.4 is 5.73 Å². The lowest BCUT2D eigenvalue weighted by Crippen LogP contribution is -1.88. The molecule has 0 amide bonds. The van der Waals surface area contributed by atoms with Gasteiger partial charge in [-0.2, -0.15) is 5.10 Å². The number of hydrogen-bond acceptors (Lipinski definition) is 3. The van der Waals surface area contributed by atoms with E-state index in [1.165, 1.54) is 0 Å². The van der Waals surface area contributed by atoms with Crippen LogP contribution in [0.25, 0.3) is 11.1 Å². The Balaban J connectivity index is 2.49. The molecule has 2 aromatic rings. The van der Waals surface area contributed by atoms with Crippen LogP contribution in [0.4, 0.5) is 5.82 Å². The molecule has 0 unspecified atom stereocenters. The Kier molecular flexibility index (Phi) is 1.96. The molecule has 0 fully saturated rings. The number of anilines is 1. The van der Waals surface area contributed by atoms with Crippen molar-refractivity contribution in [2.24, 2.45) is 7.05 Å². The minimum Gasteiger partial charge on any atom is -0.384 e. The van der Waals surface area contributed by atoms with Crippen LogP contribution in [0.15, 0.2) is 24.5 Å². The second kappa shape index (κ2) is 3.14. The normalized spacial score (nSPS) is 10.4. The molecule has 2 aromatic heterocycles. The van der Waals surface area contributed by atoms with Gasteiger partial charge in [-0.3, -0.25) is 4.68 Å². The summed E-state index contributed by atoms with van der Waals surface area (Å²) in [6.07, 6.45) is 3.74. The largest absolute Gasteiger partial charge is 0.384 e. The van der Waals surface area contributed by atoms with E-state index in [0.717, 1.165) is 16.8 Å². The molecule has 0 aliphatic rings. The third-order valence-electron chi connectivity index (χ3n) is 2.11. The maximum Gasteiger partial charge on any atom is 0.123 e. The van der Waals surface area contributed by atoms with Crippen LogP contribution in [-0.2, 0) is 7.05 Å². The van der Waals surface area contributed by atoms with Crippen molar-refractivity contribution >= 4 is 5.82 Å². The lowest BCUT2D eigenvalue weighted by Gasteiger charge is -1.98. The van der Waals surface area contributed by atoms with E-state index < -0.39 is 0 Å². The van der Waals surface area contributed by atoms with Crippen LogP contribution in [-0.4, -0.2) is 14.8 Å². The molecule has 2 heterocycles. The fourth-order valence-electron chi connectivity index (χ4n) is 1.45. The van der Waals surface area contributed by atoms with Crippen molar-refractivity contribution in [2.45, 2.75) is 6.92 Å². The van der Waals surface area contributed by atoms with E-state index in [0.29, 0.717) is 5.82 Å². The average molecular weight is 188 g/mol. The quantitative estimate of drug-likeness (QED) is 0.735. The van der Waals surface area contributed by atoms with Crippen molar-refractivity contribution in [2.75, 3.05) is 5.73 Å². The third kappa shape index (κ3) is 1.46. The van der Waals surface area contributed by atoms with Gasteiger partial charge in [-0.05, 0) is 19.1 Å². The van der Waals surface area contributed by atoms with E-state index in [4.69, 9.17) is 5.73 Å². The molecule has 0 saturated heterocycles. The maximum atomic E-state index is 5.52. The number of nitrogen functional groups attached to an aromatic ring is 1. The van der Waals surface area contributed by atoms with Crippen LogP contribution in [0, 0.1) is 6.92 Å². The summed E-state index contributed by atoms with van der Waals surface area (Å²) in [6, 6.07) is 3.74. The molecular weight excluding hydrogens is 176 g/mol. The van der Waals surface area contributed by atoms with Crippen molar-refractivity contribution < 1.29 is 0 Å². The van der Waals surface area contributed by atoms with Crippen LogP contribution in [0.2, 0.25) is 0 Å². The fourth-order valence-corrected chi connectivity index (χ4v) is 1.45. The molecule has 2 rings (SSSR count). The van der Waals surface area contributed by atoms with E-state index in [9.17, 15) is 0 Å². The Morgan fingerprint density at radius 3 is 2.64 bits per heavy atom. The van der Waals surface area contributed by atoms with Gasteiger partial charge in [0.1, 0.15) is 5.82 Å². The van der Waals surface area contributed by atoms with E-state index in [1.54, 1.807) is 16.9 Å². The van der Waals surface area contributed by atoms with Gasteiger partial charge in [-0.25, -0.2) is 4.98 Å². The highest BCUT2D eigenvalue weighted by atomic mass is 15.2. The van der Waals surface area contributed by atoms with Crippen molar-refractivity contribution in [3.63, 3.8) is 0 Å². The smallest absolute Gasteiger partial charge is 0.123 e. The standard InChI is InChI=1S/C10H12N4/c1-7-9(6-14(2)13-7)8-3-4-10(11)12-5-8/h3-6H,1-2H3,(H2,11,12). The summed E-state index contributed by atoms with van der Waals surface area (Å²) in [5.41, 5.74) is 8.66. The molecule has 0 bridgehead atoms. The highest BCUT2D eigenvalue weighted by Crippen LogP contribution is 2.21. The van der Waals surface area contributed by atoms with Gasteiger partial charge in [0.2, 0.25) is 0 Å². The van der Waals surface area contributed by atoms with Gasteiger partial charge in [0.25, 0.3) is 0 Å². The summed E-state index contributed by atoms with van der Waals surface area (Å²) < 4.78 is 1.79. The molecule has 0 atom stereocenters. The number of pyridine rings is 1. The number of rotatable bonds is 1. The zero-order valence-corrected chi connectivity index (χ0v) is 8.23. The lowest BCUT2D eigenvalue weighted by atomic mass is 10.1. The number of hydrogen-bond donors (Lipinski definition) is 1. The first-order chi connectivity index (χ1) is 6.66. The lowest BCUT2D eigenvalue weighted by molar-refractivity contribution is 0.756. The number of nitrogens with zero attached hydrogens (tertiary/aromatic N) is 3. The number of aryl methyl sites for hydroxylation is 2. The first kappa shape index (κ1) is 8.74. The Morgan fingerprint density at radius 2 is 2.14 bits per heavy atom. The van der Waals surface area contributed by atoms with Crippen molar-refractivity contribution in [3.05, 3.63) is 30.2 Å². The molecule has 4 heteroatoms. The number of aromatic nitrogens is 3. The van der Waals surface area contributed by atoms with Crippen LogP contribution in [0.5, 0.6) is 0 Å². The van der Waals surface area contributed by atoms with Crippen molar-refractivity contribution in [1.82, 2.24) is 14.8 Å². The van der Waals surface area contributed by atoms with Gasteiger partial charge in [0, 0.05) is 30.6 Å². The minimum absolute atomic E-state index is 0.537. The second-order valence-electron chi connectivity index (χ2n) is 3.27. The summed E-state index contributed by atoms with van der Waals surface area (Å²) >= 11 is 0. The van der Waals surface area contributed by atoms with Crippen molar-refractivity contribution in [3.8, 4) is 11.1 Å². The molecule has 0 aliphatic heterocycles. The minimum atomic E-state index is 0.537. The summed E-state index contributed by atoms with van der Waals surface area (Å²) in [6.45, 7) is 1.98. The maximum absolute atomic E-state index is 5.52. The molecule has 0 saturated carbocycles. The van der Waals surface area contributed by atoms with E-state index in [-0.39, 0.29) is 0 Å². The molecule has 0 radical (unpaired) electrons. The molecular formula is C10H12N4. The monoisotopic (exact) mass is 188 g/mol. The van der Waals surface area contributed by atoms with E-state index >= 15 is 0 Å². The van der Waals surface area contributed by atoms with Gasteiger partial charge in [-0.1, -0.05) is 0 Å². The summed E-state index contributed by atoms with van der Waals surface area (Å²) in [4.78, 5) is 4.05. The van der Waals surface area contributed by atoms with Crippen molar-refractivity contribution in [1.29, 1.82) is 0 Å².